The van der Waals surface area contributed by atoms with Crippen molar-refractivity contribution in [1.29, 1.82) is 0 Å². The highest BCUT2D eigenvalue weighted by atomic mass is 15.1. The van der Waals surface area contributed by atoms with Crippen LogP contribution in [0.15, 0.2) is 212 Å². The maximum Gasteiger partial charge on any atom is 0.0645 e. The van der Waals surface area contributed by atoms with E-state index < -0.39 is 195 Å². The molecule has 9 aromatic carbocycles. The summed E-state index contributed by atoms with van der Waals surface area (Å²) in [5, 5.41) is 0.0503. The zero-order chi connectivity index (χ0) is 54.9. The molecule has 0 unspecified atom stereocenters. The second-order valence-electron chi connectivity index (χ2n) is 11.1. The summed E-state index contributed by atoms with van der Waals surface area (Å²) in [6.45, 7) is 0. The zero-order valence-electron chi connectivity index (χ0n) is 50.3. The lowest BCUT2D eigenvalue weighted by molar-refractivity contribution is 1.28. The van der Waals surface area contributed by atoms with E-state index >= 15 is 0 Å². The van der Waals surface area contributed by atoms with Gasteiger partial charge in [-0.1, -0.05) is 169 Å². The van der Waals surface area contributed by atoms with Gasteiger partial charge in [-0.25, -0.2) is 0 Å². The van der Waals surface area contributed by atoms with Gasteiger partial charge in [0.05, 0.1) is 32.9 Å². The summed E-state index contributed by atoms with van der Waals surface area (Å²) in [6, 6.07) is -3.10. The molecule has 0 fully saturated rings. The molecular weight excluding hydrogens is 615 g/mol. The topological polar surface area (TPSA) is 3.24 Å². The highest BCUT2D eigenvalue weighted by Crippen LogP contribution is 2.41. The van der Waals surface area contributed by atoms with Crippen LogP contribution in [-0.4, -0.2) is 0 Å². The van der Waals surface area contributed by atoms with E-state index in [9.17, 15) is 16.4 Å². The first kappa shape index (κ1) is 14.3. The predicted molar refractivity (Wildman–Crippen MR) is 218 cm³/mol. The highest BCUT2D eigenvalue weighted by Gasteiger charge is 2.16. The molecule has 0 aliphatic heterocycles. The summed E-state index contributed by atoms with van der Waals surface area (Å²) in [5.41, 5.74) is -4.96. The molecule has 240 valence electrons. The minimum atomic E-state index is -1.15. The van der Waals surface area contributed by atoms with Crippen molar-refractivity contribution in [1.82, 2.24) is 0 Å². The smallest absolute Gasteiger partial charge is 0.0645 e. The van der Waals surface area contributed by atoms with E-state index in [1.54, 1.807) is 60.7 Å². The fourth-order valence-corrected chi connectivity index (χ4v) is 5.64. The number of rotatable bonds is 7. The SMILES string of the molecule is [2H]c1c([2H])c([2H])c(-c2c([2H])c([2H])c(N(c3c([2H])c([2H])c(-c4c([2H])c([2H])c5c([2H])c([2H])c([2H])c([2H])c5c4[2H])c([2H])c3[2H])c3c([2H])c([2H])c(-c4c(-c5ccccc5)ccc5ccccc45)c([2H])c3[2H])c([2H])c2[2H])c([2H])c1[2H]. The van der Waals surface area contributed by atoms with Gasteiger partial charge in [0.1, 0.15) is 0 Å². The summed E-state index contributed by atoms with van der Waals surface area (Å²) in [5.74, 6) is 0. The van der Waals surface area contributed by atoms with Gasteiger partial charge in [0.2, 0.25) is 0 Å². The molecule has 0 aromatic heterocycles. The van der Waals surface area contributed by atoms with Crippen LogP contribution in [0, 0.1) is 0 Å². The molecule has 0 atom stereocenters. The molecule has 0 saturated heterocycles. The van der Waals surface area contributed by atoms with Crippen molar-refractivity contribution in [2.75, 3.05) is 4.90 Å². The maximum absolute atomic E-state index is 9.73. The predicted octanol–water partition coefficient (Wildman–Crippen LogP) is 14.1. The van der Waals surface area contributed by atoms with E-state index in [4.69, 9.17) is 16.4 Å². The quantitative estimate of drug-likeness (QED) is 0.163. The first-order valence-electron chi connectivity index (χ1n) is 27.6. The Hall–Kier alpha value is -6.70. The Bertz CT molecular complexity index is 3890. The Balaban J connectivity index is 1.43. The van der Waals surface area contributed by atoms with Crippen molar-refractivity contribution in [2.45, 2.75) is 0 Å². The van der Waals surface area contributed by atoms with Crippen LogP contribution in [-0.2, 0) is 0 Å². The fraction of sp³-hybridized carbons (Fsp3) is 0. The summed E-state index contributed by atoms with van der Waals surface area (Å²) < 4.78 is 217. The Morgan fingerprint density at radius 2 is 0.863 bits per heavy atom. The summed E-state index contributed by atoms with van der Waals surface area (Å²) in [7, 11) is 0. The molecule has 1 nitrogen and oxygen atoms in total. The lowest BCUT2D eigenvalue weighted by Crippen LogP contribution is -2.09. The summed E-state index contributed by atoms with van der Waals surface area (Å²) >= 11 is 0. The number of anilines is 3. The van der Waals surface area contributed by atoms with Gasteiger partial charge in [-0.15, -0.1) is 0 Å². The van der Waals surface area contributed by atoms with E-state index in [1.807, 2.05) is 6.07 Å². The lowest BCUT2D eigenvalue weighted by Gasteiger charge is -2.26. The molecular formula is C50H35N. The first-order valence-corrected chi connectivity index (χ1v) is 15.6. The molecule has 0 saturated carbocycles. The van der Waals surface area contributed by atoms with Crippen LogP contribution < -0.4 is 4.90 Å². The standard InChI is InChI=1S/C50H35N/c1-3-11-36(12-4-1)38-21-28-45(29-22-38)51(46-30-23-39(24-31-46)44-20-19-37-13-7-8-17-43(37)35-44)47-32-25-42(26-33-47)50-48-18-10-9-16-41(48)27-34-49(50)40-14-5-2-6-15-40/h1-35H/i1D,3D,4D,7D,8D,11D,12D,13D,17D,19D,20D,21D,22D,23D,24D,25D,26D,28D,29D,30D,31D,32D,33D,35D. The molecule has 9 aromatic rings. The van der Waals surface area contributed by atoms with E-state index in [1.165, 1.54) is 0 Å². The third kappa shape index (κ3) is 5.96. The average molecular weight is 674 g/mol. The number of nitrogens with zero attached hydrogens (tertiary/aromatic N) is 1. The lowest BCUT2D eigenvalue weighted by atomic mass is 9.89. The molecule has 0 amide bonds. The van der Waals surface area contributed by atoms with Gasteiger partial charge >= 0.3 is 0 Å². The van der Waals surface area contributed by atoms with E-state index in [-0.39, 0.29) is 11.1 Å². The Labute approximate surface area is 333 Å². The third-order valence-electron chi connectivity index (χ3n) is 8.02. The Morgan fingerprint density at radius 1 is 0.333 bits per heavy atom. The molecule has 1 heteroatoms. The molecule has 0 N–H and O–H groups in total. The van der Waals surface area contributed by atoms with Crippen LogP contribution in [0.25, 0.3) is 66.1 Å². The van der Waals surface area contributed by atoms with Crippen molar-refractivity contribution >= 4 is 38.6 Å². The Kier molecular flexibility index (Phi) is 3.72. The maximum atomic E-state index is 9.73. The van der Waals surface area contributed by atoms with Gasteiger partial charge in [0.25, 0.3) is 0 Å². The van der Waals surface area contributed by atoms with Crippen molar-refractivity contribution in [2.24, 2.45) is 0 Å². The van der Waals surface area contributed by atoms with Crippen LogP contribution >= 0.6 is 0 Å². The van der Waals surface area contributed by atoms with Gasteiger partial charge < -0.3 is 4.90 Å². The second-order valence-corrected chi connectivity index (χ2v) is 11.1. The van der Waals surface area contributed by atoms with Gasteiger partial charge in [-0.2, -0.15) is 0 Å². The van der Waals surface area contributed by atoms with Crippen LogP contribution in [0.5, 0.6) is 0 Å². The molecule has 51 heavy (non-hydrogen) atoms. The van der Waals surface area contributed by atoms with Gasteiger partial charge in [-0.3, -0.25) is 0 Å². The second kappa shape index (κ2) is 13.3. The molecule has 0 bridgehead atoms. The van der Waals surface area contributed by atoms with E-state index in [0.717, 1.165) is 0 Å². The molecule has 0 radical (unpaired) electrons. The van der Waals surface area contributed by atoms with E-state index in [0.29, 0.717) is 26.8 Å². The Morgan fingerprint density at radius 3 is 1.55 bits per heavy atom. The summed E-state index contributed by atoms with van der Waals surface area (Å²) in [4.78, 5) is 0.485. The van der Waals surface area contributed by atoms with Gasteiger partial charge in [-0.05, 0) is 108 Å². The van der Waals surface area contributed by atoms with Crippen LogP contribution in [0.2, 0.25) is 0 Å². The largest absolute Gasteiger partial charge is 0.311 e. The van der Waals surface area contributed by atoms with Gasteiger partial charge in [0, 0.05) is 17.1 Å². The molecule has 0 aliphatic rings. The fourth-order valence-electron chi connectivity index (χ4n) is 5.64. The molecule has 0 spiro atoms. The molecule has 0 heterocycles. The summed E-state index contributed by atoms with van der Waals surface area (Å²) in [6.07, 6.45) is 0. The van der Waals surface area contributed by atoms with Gasteiger partial charge in [0.15, 0.2) is 0 Å². The van der Waals surface area contributed by atoms with Crippen LogP contribution in [0.4, 0.5) is 17.1 Å². The first-order chi connectivity index (χ1) is 35.3. The number of fused-ring (bicyclic) bond motifs is 2. The number of benzene rings is 9. The zero-order valence-corrected chi connectivity index (χ0v) is 26.3. The number of hydrogen-bond donors (Lipinski definition) is 0. The normalized spacial score (nSPS) is 17.7. The third-order valence-corrected chi connectivity index (χ3v) is 8.02. The number of hydrogen-bond acceptors (Lipinski definition) is 1. The monoisotopic (exact) mass is 673 g/mol. The average Bonchev–Trinajstić information content (AvgIpc) is 3.39. The minimum Gasteiger partial charge on any atom is -0.311 e. The molecule has 0 aliphatic carbocycles. The van der Waals surface area contributed by atoms with Crippen molar-refractivity contribution < 1.29 is 32.9 Å². The van der Waals surface area contributed by atoms with E-state index in [2.05, 4.69) is 0 Å². The van der Waals surface area contributed by atoms with Crippen molar-refractivity contribution in [3.63, 3.8) is 0 Å². The van der Waals surface area contributed by atoms with Crippen molar-refractivity contribution in [3.05, 3.63) is 212 Å². The highest BCUT2D eigenvalue weighted by molar-refractivity contribution is 6.04. The minimum absolute atomic E-state index is 0.248. The van der Waals surface area contributed by atoms with Crippen LogP contribution in [0.1, 0.15) is 32.9 Å². The van der Waals surface area contributed by atoms with Crippen LogP contribution in [0.3, 0.4) is 0 Å². The molecule has 9 rings (SSSR count). The van der Waals surface area contributed by atoms with Crippen molar-refractivity contribution in [3.8, 4) is 44.5 Å².